The van der Waals surface area contributed by atoms with E-state index in [1.807, 2.05) is 87.5 Å². The number of benzene rings is 3. The summed E-state index contributed by atoms with van der Waals surface area (Å²) in [5.41, 5.74) is 2.41. The Hall–Kier alpha value is -3.59. The van der Waals surface area contributed by atoms with Crippen LogP contribution in [0, 0.1) is 0 Å². The number of Topliss-reactive ketones (excluding diaryl/α,β-unsaturated/α-hetero) is 2. The van der Waals surface area contributed by atoms with E-state index < -0.39 is 23.3 Å². The van der Waals surface area contributed by atoms with Gasteiger partial charge in [0.05, 0.1) is 0 Å². The number of hydrogen-bond donors (Lipinski definition) is 1. The minimum absolute atomic E-state index is 0.195. The lowest BCUT2D eigenvalue weighted by molar-refractivity contribution is -0.111. The highest BCUT2D eigenvalue weighted by Gasteiger charge is 2.46. The third-order valence-electron chi connectivity index (χ3n) is 7.96. The second-order valence-corrected chi connectivity index (χ2v) is 13.5. The van der Waals surface area contributed by atoms with Gasteiger partial charge in [0.1, 0.15) is 46.1 Å². The van der Waals surface area contributed by atoms with Gasteiger partial charge in [-0.15, -0.1) is 11.8 Å². The Bertz CT molecular complexity index is 1530. The molecule has 8 heteroatoms. The molecule has 1 atom stereocenters. The summed E-state index contributed by atoms with van der Waals surface area (Å²) in [7, 11) is 0. The van der Waals surface area contributed by atoms with Crippen molar-refractivity contribution < 1.29 is 28.9 Å². The van der Waals surface area contributed by atoms with Crippen LogP contribution in [0.4, 0.5) is 0 Å². The molecule has 1 aliphatic carbocycles. The van der Waals surface area contributed by atoms with Gasteiger partial charge in [0.15, 0.2) is 0 Å². The highest BCUT2D eigenvalue weighted by Crippen LogP contribution is 2.48. The quantitative estimate of drug-likeness (QED) is 0.331. The first-order valence-corrected chi connectivity index (χ1v) is 15.8. The van der Waals surface area contributed by atoms with E-state index in [9.17, 15) is 14.7 Å². The number of ketones is 2. The number of carbonyl (C=O) groups is 2. The molecule has 2 aliphatic heterocycles. The molecule has 0 aromatic heterocycles. The Balaban J connectivity index is 1.07. The number of aliphatic hydroxyl groups excluding tert-OH is 1. The number of ether oxygens (including phenoxy) is 3. The number of allylic oxidation sites excluding steroid dienone is 1. The molecule has 1 spiro atoms. The van der Waals surface area contributed by atoms with E-state index in [2.05, 4.69) is 4.90 Å². The molecule has 43 heavy (non-hydrogen) atoms. The molecular weight excluding hydrogens is 562 g/mol. The molecule has 0 amide bonds. The molecule has 1 N–H and O–H groups in total. The molecule has 1 fully saturated rings. The molecule has 6 rings (SSSR count). The molecule has 0 saturated carbocycles. The molecule has 3 aromatic carbocycles. The Morgan fingerprint density at radius 3 is 2.30 bits per heavy atom. The van der Waals surface area contributed by atoms with Crippen LogP contribution in [-0.4, -0.2) is 70.9 Å². The summed E-state index contributed by atoms with van der Waals surface area (Å²) in [6.07, 6.45) is 0.881. The number of rotatable bonds is 7. The van der Waals surface area contributed by atoms with Gasteiger partial charge < -0.3 is 24.2 Å². The third-order valence-corrected chi connectivity index (χ3v) is 9.29. The number of β-amino-alcohol motifs (C(OH)–C–C–N with tert-alkyl or cyclic N) is 1. The molecule has 2 heterocycles. The monoisotopic (exact) mass is 599 g/mol. The van der Waals surface area contributed by atoms with Crippen LogP contribution in [0.2, 0.25) is 0 Å². The first-order chi connectivity index (χ1) is 20.6. The van der Waals surface area contributed by atoms with Crippen LogP contribution in [0.15, 0.2) is 77.7 Å². The van der Waals surface area contributed by atoms with Gasteiger partial charge in [-0.1, -0.05) is 36.4 Å². The standard InChI is InChI=1S/C35H37NO6S/c1-34(2,3)41-27-12-10-26(11-13-27)40-21-25(37)20-36-17-15-35(16-18-36)22-43-33-31(39)30(38)28-14-9-24(19-29(28)32(33)42-35)23-7-5-4-6-8-23/h4-14,19,25,37H,15-18,20-22H2,1-3H3/t25-/m1/s1. The zero-order chi connectivity index (χ0) is 30.2. The van der Waals surface area contributed by atoms with Crippen molar-refractivity contribution in [2.45, 2.75) is 50.9 Å². The Labute approximate surface area is 256 Å². The summed E-state index contributed by atoms with van der Waals surface area (Å²) in [4.78, 5) is 28.6. The number of thioether (sulfide) groups is 1. The normalized spacial score (nSPS) is 19.0. The second-order valence-electron chi connectivity index (χ2n) is 12.5. The topological polar surface area (TPSA) is 85.3 Å². The molecule has 1 saturated heterocycles. The van der Waals surface area contributed by atoms with Crippen molar-refractivity contribution >= 4 is 29.1 Å². The van der Waals surface area contributed by atoms with E-state index in [1.54, 1.807) is 6.07 Å². The van der Waals surface area contributed by atoms with Crippen molar-refractivity contribution in [2.75, 3.05) is 32.0 Å². The fourth-order valence-electron chi connectivity index (χ4n) is 5.76. The first-order valence-electron chi connectivity index (χ1n) is 14.8. The van der Waals surface area contributed by atoms with E-state index in [-0.39, 0.29) is 12.2 Å². The number of nitrogens with zero attached hydrogens (tertiary/aromatic N) is 1. The van der Waals surface area contributed by atoms with Gasteiger partial charge in [0.25, 0.3) is 0 Å². The third kappa shape index (κ3) is 6.51. The van der Waals surface area contributed by atoms with Gasteiger partial charge in [-0.3, -0.25) is 9.59 Å². The van der Waals surface area contributed by atoms with Crippen molar-refractivity contribution in [3.63, 3.8) is 0 Å². The maximum absolute atomic E-state index is 13.0. The smallest absolute Gasteiger partial charge is 0.243 e. The lowest BCUT2D eigenvalue weighted by atomic mass is 9.88. The van der Waals surface area contributed by atoms with E-state index in [0.717, 1.165) is 42.8 Å². The van der Waals surface area contributed by atoms with Crippen LogP contribution in [0.3, 0.4) is 0 Å². The molecule has 224 valence electrons. The minimum atomic E-state index is -0.638. The maximum atomic E-state index is 13.0. The summed E-state index contributed by atoms with van der Waals surface area (Å²) < 4.78 is 18.4. The van der Waals surface area contributed by atoms with E-state index in [0.29, 0.717) is 39.8 Å². The molecular formula is C35H37NO6S. The van der Waals surface area contributed by atoms with Gasteiger partial charge >= 0.3 is 0 Å². The van der Waals surface area contributed by atoms with Gasteiger partial charge in [0.2, 0.25) is 11.6 Å². The molecule has 3 aliphatic rings. The van der Waals surface area contributed by atoms with Crippen LogP contribution in [-0.2, 0) is 9.53 Å². The van der Waals surface area contributed by atoms with Crippen molar-refractivity contribution in [2.24, 2.45) is 0 Å². The number of hydrogen-bond acceptors (Lipinski definition) is 8. The largest absolute Gasteiger partial charge is 0.491 e. The molecule has 0 unspecified atom stereocenters. The van der Waals surface area contributed by atoms with Gasteiger partial charge in [0, 0.05) is 49.4 Å². The average molecular weight is 600 g/mol. The zero-order valence-corrected chi connectivity index (χ0v) is 25.6. The molecule has 7 nitrogen and oxygen atoms in total. The number of carbonyl (C=O) groups excluding carboxylic acids is 2. The van der Waals surface area contributed by atoms with Crippen molar-refractivity contribution in [3.8, 4) is 22.6 Å². The van der Waals surface area contributed by atoms with Gasteiger partial charge in [-0.05, 0) is 68.3 Å². The Morgan fingerprint density at radius 1 is 0.907 bits per heavy atom. The number of aliphatic hydroxyl groups is 1. The lowest BCUT2D eigenvalue weighted by Crippen LogP contribution is -2.51. The predicted molar refractivity (Wildman–Crippen MR) is 168 cm³/mol. The summed E-state index contributed by atoms with van der Waals surface area (Å²) in [6.45, 7) is 8.21. The van der Waals surface area contributed by atoms with Gasteiger partial charge in [-0.2, -0.15) is 0 Å². The lowest BCUT2D eigenvalue weighted by Gasteiger charge is -2.45. The minimum Gasteiger partial charge on any atom is -0.491 e. The second kappa shape index (κ2) is 11.8. The SMILES string of the molecule is CC(C)(C)Oc1ccc(OC[C@H](O)CN2CCC3(CC2)CSC2=C(O3)c3cc(-c4ccccc4)ccc3C(=O)C2=O)cc1. The van der Waals surface area contributed by atoms with Crippen molar-refractivity contribution in [1.82, 2.24) is 4.90 Å². The fraction of sp³-hybridized carbons (Fsp3) is 0.371. The summed E-state index contributed by atoms with van der Waals surface area (Å²) in [6, 6.07) is 23.0. The average Bonchev–Trinajstić information content (AvgIpc) is 3.00. The van der Waals surface area contributed by atoms with E-state index in [1.165, 1.54) is 11.8 Å². The van der Waals surface area contributed by atoms with Crippen LogP contribution >= 0.6 is 11.8 Å². The van der Waals surface area contributed by atoms with Crippen LogP contribution < -0.4 is 9.47 Å². The van der Waals surface area contributed by atoms with Crippen LogP contribution in [0.1, 0.15) is 49.5 Å². The van der Waals surface area contributed by atoms with Crippen molar-refractivity contribution in [1.29, 1.82) is 0 Å². The number of fused-ring (bicyclic) bond motifs is 2. The molecule has 0 bridgehead atoms. The number of likely N-dealkylation sites (tertiary alicyclic amines) is 1. The van der Waals surface area contributed by atoms with Crippen molar-refractivity contribution in [3.05, 3.63) is 88.8 Å². The first kappa shape index (κ1) is 29.5. The maximum Gasteiger partial charge on any atom is 0.243 e. The van der Waals surface area contributed by atoms with E-state index >= 15 is 0 Å². The zero-order valence-electron chi connectivity index (χ0n) is 24.8. The fourth-order valence-corrected chi connectivity index (χ4v) is 7.02. The highest BCUT2D eigenvalue weighted by atomic mass is 32.2. The summed E-state index contributed by atoms with van der Waals surface area (Å²) in [5.74, 6) is 1.66. The van der Waals surface area contributed by atoms with Crippen LogP contribution in [0.5, 0.6) is 11.5 Å². The summed E-state index contributed by atoms with van der Waals surface area (Å²) in [5, 5.41) is 10.7. The highest BCUT2D eigenvalue weighted by molar-refractivity contribution is 8.04. The predicted octanol–water partition coefficient (Wildman–Crippen LogP) is 6.00. The Morgan fingerprint density at radius 2 is 1.60 bits per heavy atom. The summed E-state index contributed by atoms with van der Waals surface area (Å²) >= 11 is 1.44. The number of piperidine rings is 1. The van der Waals surface area contributed by atoms with Crippen LogP contribution in [0.25, 0.3) is 16.9 Å². The van der Waals surface area contributed by atoms with E-state index in [4.69, 9.17) is 14.2 Å². The molecule has 0 radical (unpaired) electrons. The Kier molecular flexibility index (Phi) is 8.11. The molecule has 3 aromatic rings. The van der Waals surface area contributed by atoms with Gasteiger partial charge in [-0.25, -0.2) is 0 Å².